The Morgan fingerprint density at radius 3 is 2.70 bits per heavy atom. The minimum atomic E-state index is 0.0610. The lowest BCUT2D eigenvalue weighted by atomic mass is 10.3. The van der Waals surface area contributed by atoms with Crippen molar-refractivity contribution in [1.82, 2.24) is 24.9 Å². The third kappa shape index (κ3) is 4.85. The maximum absolute atomic E-state index is 12.1. The number of amides is 1. The van der Waals surface area contributed by atoms with Crippen LogP contribution in [-0.4, -0.2) is 49.7 Å². The van der Waals surface area contributed by atoms with Crippen LogP contribution in [0.2, 0.25) is 0 Å². The van der Waals surface area contributed by atoms with Crippen molar-refractivity contribution in [3.05, 3.63) is 29.3 Å². The Hall–Kier alpha value is -1.98. The zero-order chi connectivity index (χ0) is 19.2. The van der Waals surface area contributed by atoms with Gasteiger partial charge in [0, 0.05) is 24.9 Å². The molecule has 3 rings (SSSR count). The molecule has 8 nitrogen and oxygen atoms in total. The SMILES string of the molecule is CCN(CC)C(=O)CSc1nnc(SCc2cc(-c3cccs3)on2)n1N. The molecular formula is C16H20N6O2S3. The normalized spacial score (nSPS) is 11.0. The number of nitrogens with two attached hydrogens (primary N) is 1. The number of carbonyl (C=O) groups is 1. The number of rotatable bonds is 9. The predicted molar refractivity (Wildman–Crippen MR) is 108 cm³/mol. The fourth-order valence-corrected chi connectivity index (χ4v) is 4.54. The highest BCUT2D eigenvalue weighted by molar-refractivity contribution is 8.00. The number of aromatic nitrogens is 4. The van der Waals surface area contributed by atoms with E-state index in [4.69, 9.17) is 10.4 Å². The Morgan fingerprint density at radius 2 is 2.04 bits per heavy atom. The van der Waals surface area contributed by atoms with Crippen LogP contribution in [0.3, 0.4) is 0 Å². The van der Waals surface area contributed by atoms with Gasteiger partial charge in [0.25, 0.3) is 0 Å². The Morgan fingerprint density at radius 1 is 1.30 bits per heavy atom. The molecule has 11 heteroatoms. The Balaban J connectivity index is 1.55. The van der Waals surface area contributed by atoms with Crippen LogP contribution < -0.4 is 5.84 Å². The maximum Gasteiger partial charge on any atom is 0.233 e. The molecule has 0 saturated heterocycles. The van der Waals surface area contributed by atoms with Crippen LogP contribution in [0.15, 0.2) is 38.4 Å². The lowest BCUT2D eigenvalue weighted by Crippen LogP contribution is -2.32. The average Bonchev–Trinajstić information content (AvgIpc) is 3.41. The van der Waals surface area contributed by atoms with Crippen molar-refractivity contribution in [3.63, 3.8) is 0 Å². The fourth-order valence-electron chi connectivity index (χ4n) is 2.31. The van der Waals surface area contributed by atoms with Gasteiger partial charge in [0.1, 0.15) is 0 Å². The van der Waals surface area contributed by atoms with Crippen LogP contribution >= 0.6 is 34.9 Å². The summed E-state index contributed by atoms with van der Waals surface area (Å²) >= 11 is 4.31. The van der Waals surface area contributed by atoms with E-state index in [1.54, 1.807) is 16.2 Å². The van der Waals surface area contributed by atoms with E-state index in [9.17, 15) is 4.79 Å². The highest BCUT2D eigenvalue weighted by atomic mass is 32.2. The quantitative estimate of drug-likeness (QED) is 0.413. The van der Waals surface area contributed by atoms with Gasteiger partial charge in [-0.25, -0.2) is 4.68 Å². The second-order valence-corrected chi connectivity index (χ2v) is 8.27. The first-order chi connectivity index (χ1) is 13.1. The molecule has 0 spiro atoms. The Kier molecular flexibility index (Phi) is 6.80. The molecule has 144 valence electrons. The molecule has 0 saturated carbocycles. The van der Waals surface area contributed by atoms with Gasteiger partial charge in [-0.3, -0.25) is 4.79 Å². The molecule has 0 aromatic carbocycles. The number of hydrogen-bond acceptors (Lipinski definition) is 9. The molecule has 27 heavy (non-hydrogen) atoms. The van der Waals surface area contributed by atoms with Gasteiger partial charge in [0.05, 0.1) is 16.3 Å². The van der Waals surface area contributed by atoms with Crippen LogP contribution in [-0.2, 0) is 10.5 Å². The Labute approximate surface area is 169 Å². The molecule has 0 aliphatic rings. The largest absolute Gasteiger partial charge is 0.355 e. The zero-order valence-corrected chi connectivity index (χ0v) is 17.4. The first-order valence-electron chi connectivity index (χ1n) is 8.35. The van der Waals surface area contributed by atoms with E-state index in [0.29, 0.717) is 29.2 Å². The van der Waals surface area contributed by atoms with Crippen molar-refractivity contribution in [3.8, 4) is 10.6 Å². The molecule has 3 aromatic rings. The third-order valence-electron chi connectivity index (χ3n) is 3.75. The second-order valence-electron chi connectivity index (χ2n) is 5.44. The van der Waals surface area contributed by atoms with Crippen molar-refractivity contribution in [2.24, 2.45) is 0 Å². The number of thiophene rings is 1. The van der Waals surface area contributed by atoms with Crippen molar-refractivity contribution in [2.75, 3.05) is 24.7 Å². The highest BCUT2D eigenvalue weighted by Gasteiger charge is 2.16. The summed E-state index contributed by atoms with van der Waals surface area (Å²) in [5.41, 5.74) is 0.803. The smallest absolute Gasteiger partial charge is 0.233 e. The van der Waals surface area contributed by atoms with E-state index in [-0.39, 0.29) is 11.7 Å². The van der Waals surface area contributed by atoms with Crippen molar-refractivity contribution in [2.45, 2.75) is 29.9 Å². The summed E-state index contributed by atoms with van der Waals surface area (Å²) < 4.78 is 6.78. The number of nitrogen functional groups attached to an aromatic ring is 1. The maximum atomic E-state index is 12.1. The number of carbonyl (C=O) groups excluding carboxylic acids is 1. The molecule has 0 bridgehead atoms. The fraction of sp³-hybridized carbons (Fsp3) is 0.375. The molecule has 0 atom stereocenters. The monoisotopic (exact) mass is 424 g/mol. The van der Waals surface area contributed by atoms with Gasteiger partial charge in [-0.05, 0) is 25.3 Å². The summed E-state index contributed by atoms with van der Waals surface area (Å²) in [7, 11) is 0. The predicted octanol–water partition coefficient (Wildman–Crippen LogP) is 2.96. The van der Waals surface area contributed by atoms with E-state index in [2.05, 4.69) is 15.4 Å². The molecule has 0 aliphatic heterocycles. The molecule has 1 amide bonds. The molecule has 3 heterocycles. The molecule has 2 N–H and O–H groups in total. The summed E-state index contributed by atoms with van der Waals surface area (Å²) in [4.78, 5) is 14.9. The Bertz CT molecular complexity index is 873. The first kappa shape index (κ1) is 19.8. The van der Waals surface area contributed by atoms with Crippen molar-refractivity contribution in [1.29, 1.82) is 0 Å². The lowest BCUT2D eigenvalue weighted by Gasteiger charge is -2.17. The minimum absolute atomic E-state index is 0.0610. The van der Waals surface area contributed by atoms with Gasteiger partial charge >= 0.3 is 0 Å². The van der Waals surface area contributed by atoms with E-state index >= 15 is 0 Å². The zero-order valence-electron chi connectivity index (χ0n) is 15.0. The molecular weight excluding hydrogens is 404 g/mol. The minimum Gasteiger partial charge on any atom is -0.355 e. The van der Waals surface area contributed by atoms with E-state index in [1.807, 2.05) is 37.4 Å². The van der Waals surface area contributed by atoms with Gasteiger partial charge in [0.2, 0.25) is 16.2 Å². The van der Waals surface area contributed by atoms with E-state index in [1.165, 1.54) is 28.2 Å². The van der Waals surface area contributed by atoms with Crippen LogP contribution in [0.25, 0.3) is 10.6 Å². The summed E-state index contributed by atoms with van der Waals surface area (Å²) in [6.45, 7) is 5.30. The first-order valence-corrected chi connectivity index (χ1v) is 11.2. The molecule has 0 radical (unpaired) electrons. The van der Waals surface area contributed by atoms with Crippen LogP contribution in [0.1, 0.15) is 19.5 Å². The van der Waals surface area contributed by atoms with Gasteiger partial charge in [-0.15, -0.1) is 21.5 Å². The lowest BCUT2D eigenvalue weighted by molar-refractivity contribution is -0.127. The molecule has 0 aliphatic carbocycles. The summed E-state index contributed by atoms with van der Waals surface area (Å²) in [5, 5.41) is 15.3. The van der Waals surface area contributed by atoms with Gasteiger partial charge in [-0.1, -0.05) is 34.7 Å². The number of nitrogens with zero attached hydrogens (tertiary/aromatic N) is 5. The van der Waals surface area contributed by atoms with Crippen molar-refractivity contribution < 1.29 is 9.32 Å². The van der Waals surface area contributed by atoms with Crippen molar-refractivity contribution >= 4 is 40.8 Å². The summed E-state index contributed by atoms with van der Waals surface area (Å²) in [5.74, 6) is 7.72. The van der Waals surface area contributed by atoms with Gasteiger partial charge in [0.15, 0.2) is 5.76 Å². The number of hydrogen-bond donors (Lipinski definition) is 1. The number of thioether (sulfide) groups is 2. The van der Waals surface area contributed by atoms with Crippen LogP contribution in [0.5, 0.6) is 0 Å². The molecule has 3 aromatic heterocycles. The molecule has 0 fully saturated rings. The average molecular weight is 425 g/mol. The standard InChI is InChI=1S/C16H20N6O2S3/c1-3-21(4-2)14(23)10-27-16-19-18-15(22(16)17)26-9-11-8-12(24-20-11)13-6-5-7-25-13/h5-8H,3-4,9-10,17H2,1-2H3. The summed E-state index contributed by atoms with van der Waals surface area (Å²) in [6, 6.07) is 5.87. The van der Waals surface area contributed by atoms with Gasteiger partial charge < -0.3 is 15.3 Å². The highest BCUT2D eigenvalue weighted by Crippen LogP contribution is 2.28. The molecule has 0 unspecified atom stereocenters. The van der Waals surface area contributed by atoms with E-state index < -0.39 is 0 Å². The van der Waals surface area contributed by atoms with Crippen LogP contribution in [0.4, 0.5) is 0 Å². The van der Waals surface area contributed by atoms with E-state index in [0.717, 1.165) is 16.3 Å². The third-order valence-corrected chi connectivity index (χ3v) is 6.54. The second kappa shape index (κ2) is 9.29. The van der Waals surface area contributed by atoms with Crippen LogP contribution in [0, 0.1) is 0 Å². The van der Waals surface area contributed by atoms with Gasteiger partial charge in [-0.2, -0.15) is 0 Å². The summed E-state index contributed by atoms with van der Waals surface area (Å²) in [6.07, 6.45) is 0. The topological polar surface area (TPSA) is 103 Å².